The molecule has 8 heteroatoms. The van der Waals surface area contributed by atoms with E-state index in [9.17, 15) is 4.79 Å². The SMILES string of the molecule is CCCNC(=NCC(=O)N(C)C)N1CCC(OCCCOC)CC1.I. The van der Waals surface area contributed by atoms with Crippen LogP contribution in [0.15, 0.2) is 4.99 Å². The van der Waals surface area contributed by atoms with Crippen molar-refractivity contribution >= 4 is 35.8 Å². The van der Waals surface area contributed by atoms with Gasteiger partial charge in [-0.1, -0.05) is 6.92 Å². The number of aliphatic imine (C=N–C) groups is 1. The van der Waals surface area contributed by atoms with Crippen LogP contribution in [0.5, 0.6) is 0 Å². The van der Waals surface area contributed by atoms with Crippen LogP contribution in [-0.2, 0) is 14.3 Å². The number of hydrogen-bond donors (Lipinski definition) is 1. The summed E-state index contributed by atoms with van der Waals surface area (Å²) in [7, 11) is 5.22. The van der Waals surface area contributed by atoms with E-state index in [1.807, 2.05) is 0 Å². The first-order valence-corrected chi connectivity index (χ1v) is 8.92. The number of rotatable bonds is 9. The van der Waals surface area contributed by atoms with E-state index in [1.165, 1.54) is 0 Å². The summed E-state index contributed by atoms with van der Waals surface area (Å²) >= 11 is 0. The van der Waals surface area contributed by atoms with Crippen LogP contribution < -0.4 is 5.32 Å². The van der Waals surface area contributed by atoms with Crippen molar-refractivity contribution in [1.82, 2.24) is 15.1 Å². The number of ether oxygens (including phenoxy) is 2. The number of halogens is 1. The summed E-state index contributed by atoms with van der Waals surface area (Å²) in [5.74, 6) is 0.854. The molecule has 0 bridgehead atoms. The molecule has 0 unspecified atom stereocenters. The number of likely N-dealkylation sites (N-methyl/N-ethyl adjacent to an activating group) is 1. The molecule has 7 nitrogen and oxygen atoms in total. The Bertz CT molecular complexity index is 386. The van der Waals surface area contributed by atoms with E-state index >= 15 is 0 Å². The lowest BCUT2D eigenvalue weighted by molar-refractivity contribution is -0.127. The summed E-state index contributed by atoms with van der Waals surface area (Å²) in [6.07, 6.45) is 4.26. The number of methoxy groups -OCH3 is 1. The summed E-state index contributed by atoms with van der Waals surface area (Å²) in [4.78, 5) is 20.1. The van der Waals surface area contributed by atoms with Gasteiger partial charge in [-0.15, -0.1) is 24.0 Å². The molecule has 1 aliphatic rings. The number of nitrogens with zero attached hydrogens (tertiary/aromatic N) is 3. The molecule has 1 rings (SSSR count). The van der Waals surface area contributed by atoms with Gasteiger partial charge in [0, 0.05) is 54.1 Å². The normalized spacial score (nSPS) is 15.7. The van der Waals surface area contributed by atoms with Crippen molar-refractivity contribution in [2.24, 2.45) is 4.99 Å². The van der Waals surface area contributed by atoms with E-state index in [0.29, 0.717) is 6.10 Å². The van der Waals surface area contributed by atoms with Gasteiger partial charge in [0.2, 0.25) is 5.91 Å². The second kappa shape index (κ2) is 14.5. The standard InChI is InChI=1S/C17H34N4O3.HI/c1-5-9-18-17(19-14-16(22)20(2)3)21-10-7-15(8-11-21)24-13-6-12-23-4;/h15H,5-14H2,1-4H3,(H,18,19);1H. The van der Waals surface area contributed by atoms with Gasteiger partial charge < -0.3 is 24.6 Å². The first kappa shape index (κ1) is 24.4. The predicted octanol–water partition coefficient (Wildman–Crippen LogP) is 1.57. The van der Waals surface area contributed by atoms with Gasteiger partial charge in [-0.3, -0.25) is 4.79 Å². The number of carbonyl (C=O) groups is 1. The maximum Gasteiger partial charge on any atom is 0.243 e. The van der Waals surface area contributed by atoms with Gasteiger partial charge >= 0.3 is 0 Å². The summed E-state index contributed by atoms with van der Waals surface area (Å²) in [5, 5.41) is 3.36. The zero-order chi connectivity index (χ0) is 17.8. The summed E-state index contributed by atoms with van der Waals surface area (Å²) in [6, 6.07) is 0. The maximum atomic E-state index is 11.8. The second-order valence-electron chi connectivity index (χ2n) is 6.26. The monoisotopic (exact) mass is 470 g/mol. The van der Waals surface area contributed by atoms with E-state index in [2.05, 4.69) is 22.1 Å². The largest absolute Gasteiger partial charge is 0.385 e. The van der Waals surface area contributed by atoms with Gasteiger partial charge in [0.1, 0.15) is 6.54 Å². The van der Waals surface area contributed by atoms with Gasteiger partial charge in [-0.25, -0.2) is 4.99 Å². The molecule has 0 saturated carbocycles. The molecule has 0 radical (unpaired) electrons. The highest BCUT2D eigenvalue weighted by Crippen LogP contribution is 2.14. The second-order valence-corrected chi connectivity index (χ2v) is 6.26. The Balaban J connectivity index is 0.00000576. The molecular weight excluding hydrogens is 435 g/mol. The Morgan fingerprint density at radius 2 is 1.96 bits per heavy atom. The van der Waals surface area contributed by atoms with E-state index in [0.717, 1.165) is 64.5 Å². The minimum Gasteiger partial charge on any atom is -0.385 e. The molecule has 0 aliphatic carbocycles. The minimum atomic E-state index is 0. The number of hydrogen-bond acceptors (Lipinski definition) is 4. The Morgan fingerprint density at radius 3 is 2.52 bits per heavy atom. The van der Waals surface area contributed by atoms with Gasteiger partial charge in [0.15, 0.2) is 5.96 Å². The van der Waals surface area contributed by atoms with Crippen molar-refractivity contribution in [3.8, 4) is 0 Å². The molecule has 1 fully saturated rings. The first-order valence-electron chi connectivity index (χ1n) is 8.92. The van der Waals surface area contributed by atoms with Gasteiger partial charge in [-0.2, -0.15) is 0 Å². The van der Waals surface area contributed by atoms with Crippen molar-refractivity contribution in [2.45, 2.75) is 38.7 Å². The fraction of sp³-hybridized carbons (Fsp3) is 0.882. The van der Waals surface area contributed by atoms with E-state index in [1.54, 1.807) is 26.1 Å². The molecule has 1 amide bonds. The van der Waals surface area contributed by atoms with Crippen molar-refractivity contribution < 1.29 is 14.3 Å². The molecule has 25 heavy (non-hydrogen) atoms. The number of likely N-dealkylation sites (tertiary alicyclic amines) is 1. The van der Waals surface area contributed by atoms with Crippen LogP contribution in [0.2, 0.25) is 0 Å². The van der Waals surface area contributed by atoms with Crippen LogP contribution in [0.1, 0.15) is 32.6 Å². The topological polar surface area (TPSA) is 66.4 Å². The molecule has 1 aliphatic heterocycles. The average Bonchev–Trinajstić information content (AvgIpc) is 2.59. The molecule has 148 valence electrons. The highest BCUT2D eigenvalue weighted by Gasteiger charge is 2.22. The molecule has 1 saturated heterocycles. The smallest absolute Gasteiger partial charge is 0.243 e. The summed E-state index contributed by atoms with van der Waals surface area (Å²) in [6.45, 7) is 6.48. The lowest BCUT2D eigenvalue weighted by Gasteiger charge is -2.34. The van der Waals surface area contributed by atoms with Crippen molar-refractivity contribution in [3.63, 3.8) is 0 Å². The summed E-state index contributed by atoms with van der Waals surface area (Å²) < 4.78 is 10.9. The van der Waals surface area contributed by atoms with Gasteiger partial charge in [-0.05, 0) is 25.7 Å². The fourth-order valence-electron chi connectivity index (χ4n) is 2.48. The Kier molecular flexibility index (Phi) is 14.2. The Labute approximate surface area is 169 Å². The number of carbonyl (C=O) groups excluding carboxylic acids is 1. The van der Waals surface area contributed by atoms with Crippen molar-refractivity contribution in [3.05, 3.63) is 0 Å². The Hall–Kier alpha value is -0.610. The molecule has 1 N–H and O–H groups in total. The molecule has 0 spiro atoms. The van der Waals surface area contributed by atoms with E-state index in [4.69, 9.17) is 9.47 Å². The van der Waals surface area contributed by atoms with Crippen molar-refractivity contribution in [2.75, 3.05) is 60.6 Å². The molecule has 1 heterocycles. The highest BCUT2D eigenvalue weighted by atomic mass is 127. The fourth-order valence-corrected chi connectivity index (χ4v) is 2.48. The third-order valence-electron chi connectivity index (χ3n) is 3.98. The highest BCUT2D eigenvalue weighted by molar-refractivity contribution is 14.0. The lowest BCUT2D eigenvalue weighted by atomic mass is 10.1. The minimum absolute atomic E-state index is 0. The molecule has 0 atom stereocenters. The van der Waals surface area contributed by atoms with E-state index in [-0.39, 0.29) is 36.4 Å². The van der Waals surface area contributed by atoms with Crippen LogP contribution >= 0.6 is 24.0 Å². The Morgan fingerprint density at radius 1 is 1.28 bits per heavy atom. The third-order valence-corrected chi connectivity index (χ3v) is 3.98. The predicted molar refractivity (Wildman–Crippen MR) is 112 cm³/mol. The van der Waals surface area contributed by atoms with Crippen LogP contribution in [0, 0.1) is 0 Å². The van der Waals surface area contributed by atoms with Crippen LogP contribution in [0.4, 0.5) is 0 Å². The zero-order valence-electron chi connectivity index (χ0n) is 16.1. The van der Waals surface area contributed by atoms with Gasteiger partial charge in [0.05, 0.1) is 6.10 Å². The van der Waals surface area contributed by atoms with Crippen LogP contribution in [0.3, 0.4) is 0 Å². The average molecular weight is 470 g/mol. The molecule has 0 aromatic heterocycles. The number of piperidine rings is 1. The number of amides is 1. The quantitative estimate of drug-likeness (QED) is 0.240. The molecular formula is C17H35IN4O3. The lowest BCUT2D eigenvalue weighted by Crippen LogP contribution is -2.47. The van der Waals surface area contributed by atoms with Crippen LogP contribution in [-0.4, -0.2) is 88.4 Å². The maximum absolute atomic E-state index is 11.8. The summed E-state index contributed by atoms with van der Waals surface area (Å²) in [5.41, 5.74) is 0. The number of nitrogens with one attached hydrogen (secondary N) is 1. The third kappa shape index (κ3) is 10.2. The molecule has 0 aromatic carbocycles. The molecule has 0 aromatic rings. The zero-order valence-corrected chi connectivity index (χ0v) is 18.5. The van der Waals surface area contributed by atoms with E-state index < -0.39 is 0 Å². The van der Waals surface area contributed by atoms with Gasteiger partial charge in [0.25, 0.3) is 0 Å². The first-order chi connectivity index (χ1) is 11.6. The number of guanidine groups is 1. The van der Waals surface area contributed by atoms with Crippen LogP contribution in [0.25, 0.3) is 0 Å². The van der Waals surface area contributed by atoms with Crippen molar-refractivity contribution in [1.29, 1.82) is 0 Å².